The molecule has 0 radical (unpaired) electrons. The molecular formula is C21H27N5OS. The second-order valence-electron chi connectivity index (χ2n) is 8.62. The second kappa shape index (κ2) is 7.59. The summed E-state index contributed by atoms with van der Waals surface area (Å²) in [6.45, 7) is 8.36. The average Bonchev–Trinajstić information content (AvgIpc) is 3.44. The highest BCUT2D eigenvalue weighted by atomic mass is 32.2. The topological polar surface area (TPSA) is 83.6 Å². The van der Waals surface area contributed by atoms with Crippen LogP contribution in [0.15, 0.2) is 29.4 Å². The molecule has 1 heterocycles. The number of nitrogens with zero attached hydrogens (tertiary/aromatic N) is 4. The predicted molar refractivity (Wildman–Crippen MR) is 111 cm³/mol. The van der Waals surface area contributed by atoms with Crippen LogP contribution in [-0.4, -0.2) is 32.0 Å². The van der Waals surface area contributed by atoms with E-state index in [9.17, 15) is 10.1 Å². The van der Waals surface area contributed by atoms with E-state index in [1.54, 1.807) is 6.92 Å². The molecule has 1 N–H and O–H groups in total. The van der Waals surface area contributed by atoms with E-state index in [-0.39, 0.29) is 23.0 Å². The Hall–Kier alpha value is -2.33. The minimum atomic E-state index is -0.766. The van der Waals surface area contributed by atoms with Gasteiger partial charge in [-0.2, -0.15) is 5.26 Å². The van der Waals surface area contributed by atoms with Crippen molar-refractivity contribution < 1.29 is 4.79 Å². The molecule has 2 aromatic rings. The van der Waals surface area contributed by atoms with E-state index in [1.165, 1.54) is 17.3 Å². The van der Waals surface area contributed by atoms with E-state index in [0.29, 0.717) is 5.16 Å². The molecule has 1 aromatic heterocycles. The maximum atomic E-state index is 12.3. The van der Waals surface area contributed by atoms with Gasteiger partial charge >= 0.3 is 0 Å². The van der Waals surface area contributed by atoms with Gasteiger partial charge in [-0.1, -0.05) is 56.8 Å². The summed E-state index contributed by atoms with van der Waals surface area (Å²) in [7, 11) is 1.90. The first-order valence-corrected chi connectivity index (χ1v) is 10.5. The molecule has 1 aliphatic carbocycles. The zero-order valence-electron chi connectivity index (χ0n) is 17.1. The number of carbonyl (C=O) groups excluding carboxylic acids is 1. The van der Waals surface area contributed by atoms with Crippen LogP contribution < -0.4 is 5.32 Å². The summed E-state index contributed by atoms with van der Waals surface area (Å²) in [5, 5.41) is 21.4. The smallest absolute Gasteiger partial charge is 0.231 e. The largest absolute Gasteiger partial charge is 0.337 e. The van der Waals surface area contributed by atoms with Crippen LogP contribution in [0.1, 0.15) is 46.1 Å². The van der Waals surface area contributed by atoms with Gasteiger partial charge in [-0.15, -0.1) is 10.2 Å². The molecule has 0 spiro atoms. The zero-order valence-corrected chi connectivity index (χ0v) is 17.9. The van der Waals surface area contributed by atoms with Crippen molar-refractivity contribution in [2.24, 2.45) is 13.0 Å². The summed E-state index contributed by atoms with van der Waals surface area (Å²) in [5.41, 5.74) is 1.59. The highest BCUT2D eigenvalue weighted by Crippen LogP contribution is 2.39. The second-order valence-corrected chi connectivity index (χ2v) is 9.56. The third kappa shape index (κ3) is 4.39. The average molecular weight is 398 g/mol. The number of nitriles is 1. The molecule has 1 aromatic carbocycles. The standard InChI is InChI=1S/C21H27N5OS/c1-20(2,3)15-8-6-14(7-9-15)18-24-25-19(26(18)5)28-12-17(27)23-21(4,13-22)16-10-11-16/h6-9,16H,10-12H2,1-5H3,(H,23,27)/t21-/m1/s1. The molecule has 1 saturated carbocycles. The van der Waals surface area contributed by atoms with Crippen LogP contribution in [0.25, 0.3) is 11.4 Å². The summed E-state index contributed by atoms with van der Waals surface area (Å²) in [6, 6.07) is 10.6. The number of aromatic nitrogens is 3. The highest BCUT2D eigenvalue weighted by Gasteiger charge is 2.42. The van der Waals surface area contributed by atoms with Crippen molar-refractivity contribution in [1.29, 1.82) is 5.26 Å². The molecule has 1 atom stereocenters. The van der Waals surface area contributed by atoms with Gasteiger partial charge in [0.2, 0.25) is 5.91 Å². The van der Waals surface area contributed by atoms with Crippen LogP contribution in [-0.2, 0) is 17.3 Å². The first-order valence-electron chi connectivity index (χ1n) is 9.49. The number of thioether (sulfide) groups is 1. The van der Waals surface area contributed by atoms with E-state index in [2.05, 4.69) is 66.6 Å². The Bertz CT molecular complexity index is 902. The van der Waals surface area contributed by atoms with Crippen LogP contribution in [0.3, 0.4) is 0 Å². The fourth-order valence-corrected chi connectivity index (χ4v) is 3.86. The Morgan fingerprint density at radius 2 is 1.89 bits per heavy atom. The van der Waals surface area contributed by atoms with Crippen LogP contribution in [0.4, 0.5) is 0 Å². The third-order valence-electron chi connectivity index (χ3n) is 5.20. The lowest BCUT2D eigenvalue weighted by Crippen LogP contribution is -2.47. The van der Waals surface area contributed by atoms with E-state index in [4.69, 9.17) is 0 Å². The minimum absolute atomic E-state index is 0.102. The van der Waals surface area contributed by atoms with Gasteiger partial charge in [0.1, 0.15) is 5.54 Å². The number of carbonyl (C=O) groups is 1. The van der Waals surface area contributed by atoms with E-state index in [0.717, 1.165) is 24.2 Å². The fourth-order valence-electron chi connectivity index (χ4n) is 3.15. The van der Waals surface area contributed by atoms with Crippen LogP contribution in [0.5, 0.6) is 0 Å². The SMILES string of the molecule is Cn1c(SCC(=O)N[C@](C)(C#N)C2CC2)nnc1-c1ccc(C(C)(C)C)cc1. The van der Waals surface area contributed by atoms with Crippen molar-refractivity contribution in [2.45, 2.75) is 56.6 Å². The lowest BCUT2D eigenvalue weighted by molar-refractivity contribution is -0.119. The Morgan fingerprint density at radius 3 is 2.43 bits per heavy atom. The molecule has 0 saturated heterocycles. The molecule has 0 aliphatic heterocycles. The number of rotatable bonds is 6. The van der Waals surface area contributed by atoms with Gasteiger partial charge in [0, 0.05) is 12.6 Å². The fraction of sp³-hybridized carbons (Fsp3) is 0.524. The molecule has 6 nitrogen and oxygen atoms in total. The Labute approximate surface area is 170 Å². The van der Waals surface area contributed by atoms with Gasteiger partial charge in [-0.05, 0) is 36.7 Å². The van der Waals surface area contributed by atoms with Gasteiger partial charge in [-0.25, -0.2) is 0 Å². The lowest BCUT2D eigenvalue weighted by atomic mass is 9.87. The predicted octanol–water partition coefficient (Wildman–Crippen LogP) is 3.68. The number of hydrogen-bond acceptors (Lipinski definition) is 5. The van der Waals surface area contributed by atoms with Crippen molar-refractivity contribution in [3.8, 4) is 17.5 Å². The quantitative estimate of drug-likeness (QED) is 0.752. The Balaban J connectivity index is 1.65. The maximum Gasteiger partial charge on any atom is 0.231 e. The molecular weight excluding hydrogens is 370 g/mol. The molecule has 7 heteroatoms. The van der Waals surface area contributed by atoms with Crippen molar-refractivity contribution in [2.75, 3.05) is 5.75 Å². The normalized spacial score (nSPS) is 16.3. The summed E-state index contributed by atoms with van der Waals surface area (Å²) < 4.78 is 1.90. The molecule has 1 aliphatic rings. The summed E-state index contributed by atoms with van der Waals surface area (Å²) >= 11 is 1.33. The van der Waals surface area contributed by atoms with Crippen LogP contribution >= 0.6 is 11.8 Å². The number of amides is 1. The van der Waals surface area contributed by atoms with Crippen molar-refractivity contribution >= 4 is 17.7 Å². The number of hydrogen-bond donors (Lipinski definition) is 1. The van der Waals surface area contributed by atoms with E-state index in [1.807, 2.05) is 11.6 Å². The summed E-state index contributed by atoms with van der Waals surface area (Å²) in [5.74, 6) is 1.09. The third-order valence-corrected chi connectivity index (χ3v) is 6.22. The van der Waals surface area contributed by atoms with Crippen LogP contribution in [0.2, 0.25) is 0 Å². The first-order chi connectivity index (χ1) is 13.1. The monoisotopic (exact) mass is 397 g/mol. The zero-order chi connectivity index (χ0) is 20.5. The Kier molecular flexibility index (Phi) is 5.53. The van der Waals surface area contributed by atoms with Crippen molar-refractivity contribution in [1.82, 2.24) is 20.1 Å². The molecule has 28 heavy (non-hydrogen) atoms. The van der Waals surface area contributed by atoms with Crippen LogP contribution in [0, 0.1) is 17.2 Å². The molecule has 0 bridgehead atoms. The van der Waals surface area contributed by atoms with E-state index < -0.39 is 5.54 Å². The molecule has 1 amide bonds. The van der Waals surface area contributed by atoms with Gasteiger partial charge in [0.25, 0.3) is 0 Å². The molecule has 0 unspecified atom stereocenters. The number of nitrogens with one attached hydrogen (secondary N) is 1. The number of benzene rings is 1. The summed E-state index contributed by atoms with van der Waals surface area (Å²) in [6.07, 6.45) is 2.00. The first kappa shape index (κ1) is 20.4. The van der Waals surface area contributed by atoms with Gasteiger partial charge in [-0.3, -0.25) is 4.79 Å². The molecule has 148 valence electrons. The molecule has 1 fully saturated rings. The maximum absolute atomic E-state index is 12.3. The van der Waals surface area contributed by atoms with Crippen molar-refractivity contribution in [3.05, 3.63) is 29.8 Å². The molecule has 3 rings (SSSR count). The van der Waals surface area contributed by atoms with Gasteiger partial charge < -0.3 is 9.88 Å². The van der Waals surface area contributed by atoms with E-state index >= 15 is 0 Å². The Morgan fingerprint density at radius 1 is 1.25 bits per heavy atom. The van der Waals surface area contributed by atoms with Crippen molar-refractivity contribution in [3.63, 3.8) is 0 Å². The van der Waals surface area contributed by atoms with Gasteiger partial charge in [0.15, 0.2) is 11.0 Å². The van der Waals surface area contributed by atoms with Gasteiger partial charge in [0.05, 0.1) is 11.8 Å². The summed E-state index contributed by atoms with van der Waals surface area (Å²) in [4.78, 5) is 12.3. The highest BCUT2D eigenvalue weighted by molar-refractivity contribution is 7.99. The minimum Gasteiger partial charge on any atom is -0.337 e. The lowest BCUT2D eigenvalue weighted by Gasteiger charge is -2.22.